The Hall–Kier alpha value is -0.440. The molecule has 0 aliphatic carbocycles. The molecule has 0 radical (unpaired) electrons. The van der Waals surface area contributed by atoms with Gasteiger partial charge in [-0.25, -0.2) is 0 Å². The molecule has 0 amide bonds. The lowest BCUT2D eigenvalue weighted by atomic mass is 10.1. The van der Waals surface area contributed by atoms with Crippen molar-refractivity contribution in [3.05, 3.63) is 12.3 Å². The molecule has 12 heavy (non-hydrogen) atoms. The van der Waals surface area contributed by atoms with E-state index in [1.165, 1.54) is 0 Å². The molecule has 0 aliphatic heterocycles. The summed E-state index contributed by atoms with van der Waals surface area (Å²) in [5.74, 6) is 1.08. The molecule has 0 spiro atoms. The van der Waals surface area contributed by atoms with Crippen molar-refractivity contribution in [2.24, 2.45) is 0 Å². The van der Waals surface area contributed by atoms with Gasteiger partial charge < -0.3 is 0 Å². The maximum absolute atomic E-state index is 4.45. The van der Waals surface area contributed by atoms with Crippen molar-refractivity contribution in [1.29, 1.82) is 0 Å². The summed E-state index contributed by atoms with van der Waals surface area (Å²) in [6.07, 6.45) is 2.04. The van der Waals surface area contributed by atoms with Gasteiger partial charge in [-0.3, -0.25) is 4.68 Å². The molecule has 0 aromatic carbocycles. The van der Waals surface area contributed by atoms with E-state index in [0.717, 1.165) is 10.8 Å². The van der Waals surface area contributed by atoms with Crippen molar-refractivity contribution in [1.82, 2.24) is 9.78 Å². The van der Waals surface area contributed by atoms with Crippen LogP contribution in [-0.4, -0.2) is 15.5 Å². The molecule has 0 bridgehead atoms. The van der Waals surface area contributed by atoms with Crippen LogP contribution in [0.2, 0.25) is 0 Å². The SMILES string of the molecule is CCSc1ccn(C(C)(C)C)n1. The van der Waals surface area contributed by atoms with Crippen LogP contribution in [0.3, 0.4) is 0 Å². The van der Waals surface area contributed by atoms with E-state index < -0.39 is 0 Å². The van der Waals surface area contributed by atoms with E-state index in [9.17, 15) is 0 Å². The van der Waals surface area contributed by atoms with E-state index >= 15 is 0 Å². The van der Waals surface area contributed by atoms with Crippen LogP contribution >= 0.6 is 11.8 Å². The van der Waals surface area contributed by atoms with E-state index in [-0.39, 0.29) is 5.54 Å². The van der Waals surface area contributed by atoms with Gasteiger partial charge in [0.25, 0.3) is 0 Å². The first kappa shape index (κ1) is 9.65. The van der Waals surface area contributed by atoms with Crippen LogP contribution in [-0.2, 0) is 5.54 Å². The first-order valence-electron chi connectivity index (χ1n) is 4.23. The van der Waals surface area contributed by atoms with E-state index in [4.69, 9.17) is 0 Å². The predicted octanol–water partition coefficient (Wildman–Crippen LogP) is 2.75. The van der Waals surface area contributed by atoms with Crippen LogP contribution in [0.25, 0.3) is 0 Å². The van der Waals surface area contributed by atoms with Crippen LogP contribution in [0.15, 0.2) is 17.3 Å². The molecule has 1 aromatic rings. The smallest absolute Gasteiger partial charge is 0.118 e. The molecule has 0 aliphatic rings. The third-order valence-corrected chi connectivity index (χ3v) is 2.35. The topological polar surface area (TPSA) is 17.8 Å². The number of aromatic nitrogens is 2. The van der Waals surface area contributed by atoms with Gasteiger partial charge in [-0.15, -0.1) is 11.8 Å². The molecular weight excluding hydrogens is 168 g/mol. The summed E-state index contributed by atoms with van der Waals surface area (Å²) in [6, 6.07) is 2.07. The Labute approximate surface area is 78.4 Å². The minimum Gasteiger partial charge on any atom is -0.266 e. The van der Waals surface area contributed by atoms with Gasteiger partial charge >= 0.3 is 0 Å². The fourth-order valence-corrected chi connectivity index (χ4v) is 1.50. The third-order valence-electron chi connectivity index (χ3n) is 1.54. The van der Waals surface area contributed by atoms with Crippen LogP contribution < -0.4 is 0 Å². The molecule has 3 heteroatoms. The van der Waals surface area contributed by atoms with Crippen molar-refractivity contribution in [3.63, 3.8) is 0 Å². The number of thioether (sulfide) groups is 1. The van der Waals surface area contributed by atoms with E-state index in [1.807, 2.05) is 10.9 Å². The van der Waals surface area contributed by atoms with Gasteiger partial charge in [0.1, 0.15) is 5.03 Å². The maximum Gasteiger partial charge on any atom is 0.118 e. The van der Waals surface area contributed by atoms with Crippen LogP contribution in [0.5, 0.6) is 0 Å². The molecule has 0 unspecified atom stereocenters. The summed E-state index contributed by atoms with van der Waals surface area (Å²) in [5.41, 5.74) is 0.104. The number of nitrogens with zero attached hydrogens (tertiary/aromatic N) is 2. The third kappa shape index (κ3) is 2.27. The lowest BCUT2D eigenvalue weighted by molar-refractivity contribution is 0.350. The molecule has 0 fully saturated rings. The van der Waals surface area contributed by atoms with Gasteiger partial charge in [0.05, 0.1) is 5.54 Å². The first-order chi connectivity index (χ1) is 5.54. The summed E-state index contributed by atoms with van der Waals surface area (Å²) >= 11 is 1.78. The lowest BCUT2D eigenvalue weighted by Gasteiger charge is -2.18. The molecule has 1 aromatic heterocycles. The first-order valence-corrected chi connectivity index (χ1v) is 5.21. The summed E-state index contributed by atoms with van der Waals surface area (Å²) in [4.78, 5) is 0. The minimum absolute atomic E-state index is 0.104. The largest absolute Gasteiger partial charge is 0.266 e. The summed E-state index contributed by atoms with van der Waals surface area (Å²) in [7, 11) is 0. The Morgan fingerprint density at radius 2 is 2.17 bits per heavy atom. The Kier molecular flexibility index (Phi) is 2.83. The van der Waals surface area contributed by atoms with E-state index in [1.54, 1.807) is 11.8 Å². The second-order valence-electron chi connectivity index (χ2n) is 3.70. The van der Waals surface area contributed by atoms with Gasteiger partial charge in [0.2, 0.25) is 0 Å². The highest BCUT2D eigenvalue weighted by Crippen LogP contribution is 2.18. The van der Waals surface area contributed by atoms with Crippen molar-refractivity contribution < 1.29 is 0 Å². The fraction of sp³-hybridized carbons (Fsp3) is 0.667. The second-order valence-corrected chi connectivity index (χ2v) is 4.99. The molecular formula is C9H16N2S. The van der Waals surface area contributed by atoms with Crippen LogP contribution in [0, 0.1) is 0 Å². The molecule has 2 nitrogen and oxygen atoms in total. The quantitative estimate of drug-likeness (QED) is 0.658. The van der Waals surface area contributed by atoms with Crippen LogP contribution in [0.1, 0.15) is 27.7 Å². The normalized spacial score (nSPS) is 12.0. The average Bonchev–Trinajstić information content (AvgIpc) is 2.35. The fourth-order valence-electron chi connectivity index (χ4n) is 0.906. The molecule has 0 saturated heterocycles. The molecule has 68 valence electrons. The Bertz CT molecular complexity index is 247. The summed E-state index contributed by atoms with van der Waals surface area (Å²) < 4.78 is 2.00. The highest BCUT2D eigenvalue weighted by atomic mass is 32.2. The summed E-state index contributed by atoms with van der Waals surface area (Å²) in [6.45, 7) is 8.60. The predicted molar refractivity (Wildman–Crippen MR) is 53.6 cm³/mol. The monoisotopic (exact) mass is 184 g/mol. The van der Waals surface area contributed by atoms with Crippen molar-refractivity contribution in [2.45, 2.75) is 38.3 Å². The zero-order chi connectivity index (χ0) is 9.19. The lowest BCUT2D eigenvalue weighted by Crippen LogP contribution is -2.22. The molecule has 0 atom stereocenters. The van der Waals surface area contributed by atoms with Crippen molar-refractivity contribution >= 4 is 11.8 Å². The standard InChI is InChI=1S/C9H16N2S/c1-5-12-8-6-7-11(10-8)9(2,3)4/h6-7H,5H2,1-4H3. The van der Waals surface area contributed by atoms with Gasteiger partial charge in [-0.1, -0.05) is 6.92 Å². The van der Waals surface area contributed by atoms with Crippen LogP contribution in [0.4, 0.5) is 0 Å². The highest BCUT2D eigenvalue weighted by Gasteiger charge is 2.13. The summed E-state index contributed by atoms with van der Waals surface area (Å²) in [5, 5.41) is 5.57. The van der Waals surface area contributed by atoms with E-state index in [2.05, 4.69) is 38.9 Å². The Morgan fingerprint density at radius 3 is 2.58 bits per heavy atom. The maximum atomic E-state index is 4.45. The van der Waals surface area contributed by atoms with E-state index in [0.29, 0.717) is 0 Å². The zero-order valence-corrected chi connectivity index (χ0v) is 8.98. The molecule has 1 rings (SSSR count). The second kappa shape index (κ2) is 3.52. The molecule has 1 heterocycles. The highest BCUT2D eigenvalue weighted by molar-refractivity contribution is 7.99. The molecule has 0 saturated carbocycles. The van der Waals surface area contributed by atoms with Crippen molar-refractivity contribution in [2.75, 3.05) is 5.75 Å². The molecule has 0 N–H and O–H groups in total. The van der Waals surface area contributed by atoms with Gasteiger partial charge in [0.15, 0.2) is 0 Å². The van der Waals surface area contributed by atoms with Crippen molar-refractivity contribution in [3.8, 4) is 0 Å². The zero-order valence-electron chi connectivity index (χ0n) is 8.16. The number of hydrogen-bond acceptors (Lipinski definition) is 2. The van der Waals surface area contributed by atoms with Gasteiger partial charge in [0, 0.05) is 6.20 Å². The number of rotatable bonds is 2. The van der Waals surface area contributed by atoms with Gasteiger partial charge in [-0.05, 0) is 32.6 Å². The Morgan fingerprint density at radius 1 is 1.50 bits per heavy atom. The van der Waals surface area contributed by atoms with Gasteiger partial charge in [-0.2, -0.15) is 5.10 Å². The minimum atomic E-state index is 0.104. The Balaban J connectivity index is 2.77. The average molecular weight is 184 g/mol. The number of hydrogen-bond donors (Lipinski definition) is 0.